The van der Waals surface area contributed by atoms with Crippen molar-refractivity contribution in [3.63, 3.8) is 0 Å². The van der Waals surface area contributed by atoms with Crippen LogP contribution in [-0.4, -0.2) is 58.2 Å². The van der Waals surface area contributed by atoms with Crippen LogP contribution in [0.25, 0.3) is 0 Å². The molecule has 0 saturated carbocycles. The summed E-state index contributed by atoms with van der Waals surface area (Å²) in [6.07, 6.45) is -4.09. The minimum absolute atomic E-state index is 0.245. The second kappa shape index (κ2) is 6.39. The lowest BCUT2D eigenvalue weighted by Gasteiger charge is -2.58. The molecule has 3 N–H and O–H groups in total. The molecule has 0 radical (unpaired) electrons. The summed E-state index contributed by atoms with van der Waals surface area (Å²) in [5, 5.41) is 0. The highest BCUT2D eigenvalue weighted by Gasteiger charge is 2.76. The summed E-state index contributed by atoms with van der Waals surface area (Å²) in [5.74, 6) is 0. The molecule has 128 valence electrons. The first kappa shape index (κ1) is 21.9. The van der Waals surface area contributed by atoms with Crippen LogP contribution in [0.5, 0.6) is 0 Å². The van der Waals surface area contributed by atoms with Crippen LogP contribution in [0.2, 0.25) is 52.4 Å². The van der Waals surface area contributed by atoms with Crippen LogP contribution in [0.4, 0.5) is 4.39 Å². The molecule has 0 rings (SSSR count). The largest absolute Gasteiger partial charge is 0.435 e. The lowest BCUT2D eigenvalue weighted by molar-refractivity contribution is 0.0602. The van der Waals surface area contributed by atoms with Crippen molar-refractivity contribution in [1.82, 2.24) is 0 Å². The molecule has 0 aromatic heterocycles. The molecule has 21 heavy (non-hydrogen) atoms. The average molecular weight is 389 g/mol. The summed E-state index contributed by atoms with van der Waals surface area (Å²) in [4.78, 5) is 33.3. The predicted octanol–water partition coefficient (Wildman–Crippen LogP) is 2.27. The molecular weight excluding hydrogens is 356 g/mol. The normalized spacial score (nSPS) is 17.0. The van der Waals surface area contributed by atoms with E-state index in [1.54, 1.807) is 46.2 Å². The van der Waals surface area contributed by atoms with Gasteiger partial charge in [0.25, 0.3) is 0 Å². The van der Waals surface area contributed by atoms with Crippen LogP contribution >= 0.6 is 0 Å². The molecule has 1 atom stereocenters. The van der Waals surface area contributed by atoms with E-state index in [2.05, 4.69) is 0 Å². The molecular formula is C11H33FO4Si5. The van der Waals surface area contributed by atoms with Gasteiger partial charge in [-0.3, -0.25) is 0 Å². The Morgan fingerprint density at radius 1 is 0.810 bits per heavy atom. The molecule has 4 nitrogen and oxygen atoms in total. The van der Waals surface area contributed by atoms with Gasteiger partial charge in [0.2, 0.25) is 0 Å². The zero-order valence-electron chi connectivity index (χ0n) is 14.9. The third-order valence-corrected chi connectivity index (χ3v) is 101. The Morgan fingerprint density at radius 2 is 1.10 bits per heavy atom. The molecule has 0 spiro atoms. The van der Waals surface area contributed by atoms with E-state index in [-0.39, 0.29) is 6.42 Å². The first-order valence-corrected chi connectivity index (χ1v) is 25.2. The van der Waals surface area contributed by atoms with Gasteiger partial charge in [0.05, 0.1) is 0 Å². The van der Waals surface area contributed by atoms with E-state index in [1.807, 2.05) is 13.1 Å². The highest BCUT2D eigenvalue weighted by Crippen LogP contribution is 2.41. The van der Waals surface area contributed by atoms with Gasteiger partial charge in [-0.1, -0.05) is 6.92 Å². The number of rotatable bonds is 7. The van der Waals surface area contributed by atoms with Crippen LogP contribution < -0.4 is 0 Å². The second-order valence-electron chi connectivity index (χ2n) is 7.87. The quantitative estimate of drug-likeness (QED) is 0.585. The van der Waals surface area contributed by atoms with E-state index in [0.29, 0.717) is 0 Å². The number of hydrogen-bond acceptors (Lipinski definition) is 4. The van der Waals surface area contributed by atoms with Crippen molar-refractivity contribution in [3.8, 4) is 0 Å². The van der Waals surface area contributed by atoms with E-state index in [0.717, 1.165) is 0 Å². The average Bonchev–Trinajstić information content (AvgIpc) is 2.08. The summed E-state index contributed by atoms with van der Waals surface area (Å²) in [5.41, 5.74) is 0. The Hall–Kier alpha value is 0.854. The molecule has 0 aliphatic rings. The topological polar surface area (TPSA) is 69.9 Å². The molecule has 0 aliphatic heterocycles. The van der Waals surface area contributed by atoms with Crippen molar-refractivity contribution in [2.24, 2.45) is 0 Å². The minimum Gasteiger partial charge on any atom is -0.435 e. The van der Waals surface area contributed by atoms with Crippen LogP contribution in [0.1, 0.15) is 13.3 Å². The zero-order valence-corrected chi connectivity index (χ0v) is 19.9. The number of alkyl halides is 1. The van der Waals surface area contributed by atoms with Crippen molar-refractivity contribution in [2.75, 3.05) is 0 Å². The van der Waals surface area contributed by atoms with Crippen LogP contribution in [0.15, 0.2) is 0 Å². The van der Waals surface area contributed by atoms with Gasteiger partial charge >= 0.3 is 0 Å². The fraction of sp³-hybridized carbons (Fsp3) is 1.00. The minimum atomic E-state index is -2.95. The van der Waals surface area contributed by atoms with Gasteiger partial charge in [-0.15, -0.1) is 0 Å². The lowest BCUT2D eigenvalue weighted by Crippen LogP contribution is -2.95. The molecule has 1 unspecified atom stereocenters. The van der Waals surface area contributed by atoms with Gasteiger partial charge in [0.1, 0.15) is 0 Å². The summed E-state index contributed by atoms with van der Waals surface area (Å²) in [7, 11) is -11.4. The highest BCUT2D eigenvalue weighted by molar-refractivity contribution is 8.03. The zero-order chi connectivity index (χ0) is 17.5. The van der Waals surface area contributed by atoms with E-state index in [1.165, 1.54) is 0 Å². The van der Waals surface area contributed by atoms with E-state index in [4.69, 9.17) is 4.43 Å². The van der Waals surface area contributed by atoms with Crippen molar-refractivity contribution in [2.45, 2.75) is 72.1 Å². The summed E-state index contributed by atoms with van der Waals surface area (Å²) < 4.78 is 19.7. The Morgan fingerprint density at radius 3 is 1.29 bits per heavy atom. The maximum absolute atomic E-state index is 14.0. The SMILES string of the molecule is CCC(F)O[Si](C)(C)[Si]([Si](C)(C)O)([Si](C)(C)O)[Si](C)(C)O. The van der Waals surface area contributed by atoms with Gasteiger partial charge in [-0.25, -0.2) is 4.39 Å². The van der Waals surface area contributed by atoms with Gasteiger partial charge in [0.15, 0.2) is 43.8 Å². The molecule has 0 heterocycles. The fourth-order valence-corrected chi connectivity index (χ4v) is 124. The molecule has 0 aromatic rings. The molecule has 0 fully saturated rings. The summed E-state index contributed by atoms with van der Waals surface area (Å²) in [6.45, 7) is 16.3. The molecule has 0 amide bonds. The molecule has 0 aromatic carbocycles. The smallest absolute Gasteiger partial charge is 0.189 e. The summed E-state index contributed by atoms with van der Waals surface area (Å²) >= 11 is 0. The van der Waals surface area contributed by atoms with Crippen molar-refractivity contribution >= 4 is 37.5 Å². The number of hydrogen-bond donors (Lipinski definition) is 3. The maximum Gasteiger partial charge on any atom is 0.189 e. The Kier molecular flexibility index (Phi) is 6.65. The fourth-order valence-electron chi connectivity index (χ4n) is 4.95. The van der Waals surface area contributed by atoms with E-state index in [9.17, 15) is 18.8 Å². The Balaban J connectivity index is 6.42. The molecule has 10 heteroatoms. The van der Waals surface area contributed by atoms with Gasteiger partial charge < -0.3 is 18.8 Å². The van der Waals surface area contributed by atoms with E-state index < -0.39 is 43.8 Å². The van der Waals surface area contributed by atoms with Crippen molar-refractivity contribution in [1.29, 1.82) is 0 Å². The number of halogens is 1. The van der Waals surface area contributed by atoms with Crippen LogP contribution in [0, 0.1) is 0 Å². The second-order valence-corrected chi connectivity index (χ2v) is 54.6. The highest BCUT2D eigenvalue weighted by atomic mass is 30.2. The van der Waals surface area contributed by atoms with Gasteiger partial charge in [-0.05, 0) is 58.8 Å². The van der Waals surface area contributed by atoms with Gasteiger partial charge in [-0.2, -0.15) is 0 Å². The van der Waals surface area contributed by atoms with Crippen molar-refractivity contribution in [3.05, 3.63) is 0 Å². The van der Waals surface area contributed by atoms with Crippen LogP contribution in [0.3, 0.4) is 0 Å². The van der Waals surface area contributed by atoms with Crippen molar-refractivity contribution < 1.29 is 23.2 Å². The standard InChI is InChI=1S/C11H33FO4Si5/c1-10-11(12)16-20(8,9)21(17(2,3)13,18(4,5)14)19(6,7)15/h11,13-15H,10H2,1-9H3. The molecule has 0 saturated heterocycles. The maximum atomic E-state index is 14.0. The Bertz CT molecular complexity index is 323. The van der Waals surface area contributed by atoms with E-state index >= 15 is 0 Å². The first-order valence-electron chi connectivity index (χ1n) is 7.44. The Labute approximate surface area is 133 Å². The molecule has 0 aliphatic carbocycles. The third-order valence-electron chi connectivity index (χ3n) is 4.40. The predicted molar refractivity (Wildman–Crippen MR) is 98.6 cm³/mol. The third kappa shape index (κ3) is 3.85. The monoisotopic (exact) mass is 388 g/mol. The van der Waals surface area contributed by atoms with Crippen LogP contribution in [-0.2, 0) is 4.43 Å². The summed E-state index contributed by atoms with van der Waals surface area (Å²) in [6, 6.07) is 0. The lowest BCUT2D eigenvalue weighted by atomic mass is 10.5. The van der Waals surface area contributed by atoms with Gasteiger partial charge in [0, 0.05) is 0 Å². The molecule has 0 bridgehead atoms. The first-order chi connectivity index (χ1) is 8.95.